The molecule has 1 aliphatic rings. The maximum absolute atomic E-state index is 5.48. The van der Waals surface area contributed by atoms with E-state index in [4.69, 9.17) is 6.42 Å². The number of hydrogen-bond donors (Lipinski definition) is 0. The van der Waals surface area contributed by atoms with Gasteiger partial charge in [-0.1, -0.05) is 18.8 Å². The molecule has 0 aromatic rings. The van der Waals surface area contributed by atoms with Crippen molar-refractivity contribution in [3.8, 4) is 12.3 Å². The molecule has 0 radical (unpaired) electrons. The molecule has 56 valence electrons. The zero-order chi connectivity index (χ0) is 7.61. The molecule has 0 N–H and O–H groups in total. The maximum atomic E-state index is 5.48. The quantitative estimate of drug-likeness (QED) is 0.495. The van der Waals surface area contributed by atoms with Gasteiger partial charge in [0.05, 0.1) is 5.54 Å². The summed E-state index contributed by atoms with van der Waals surface area (Å²) in [7, 11) is 4.15. The monoisotopic (exact) mass is 137 g/mol. The molecule has 0 aromatic heterocycles. The van der Waals surface area contributed by atoms with Crippen molar-refractivity contribution in [1.29, 1.82) is 0 Å². The molecule has 0 bridgehead atoms. The van der Waals surface area contributed by atoms with Crippen LogP contribution in [0.15, 0.2) is 0 Å². The second-order valence-corrected chi connectivity index (χ2v) is 3.28. The normalized spacial score (nSPS) is 23.0. The Morgan fingerprint density at radius 2 is 1.80 bits per heavy atom. The number of rotatable bonds is 1. The van der Waals surface area contributed by atoms with Gasteiger partial charge < -0.3 is 0 Å². The standard InChI is InChI=1S/C9H15N/c1-4-9(10(2)3)7-5-6-8-9/h1H,5-8H2,2-3H3. The van der Waals surface area contributed by atoms with E-state index in [2.05, 4.69) is 24.9 Å². The van der Waals surface area contributed by atoms with E-state index in [1.807, 2.05) is 0 Å². The smallest absolute Gasteiger partial charge is 0.0818 e. The third-order valence-corrected chi connectivity index (χ3v) is 2.56. The molecule has 1 fully saturated rings. The average Bonchev–Trinajstić information content (AvgIpc) is 2.35. The van der Waals surface area contributed by atoms with Gasteiger partial charge in [-0.15, -0.1) is 6.42 Å². The second kappa shape index (κ2) is 2.64. The van der Waals surface area contributed by atoms with Crippen LogP contribution in [0.5, 0.6) is 0 Å². The summed E-state index contributed by atoms with van der Waals surface area (Å²) < 4.78 is 0. The Hall–Kier alpha value is -0.480. The molecule has 0 unspecified atom stereocenters. The minimum atomic E-state index is 0.0972. The van der Waals surface area contributed by atoms with Crippen LogP contribution in [-0.4, -0.2) is 24.5 Å². The Kier molecular flexibility index (Phi) is 2.01. The summed E-state index contributed by atoms with van der Waals surface area (Å²) in [6, 6.07) is 0. The number of hydrogen-bond acceptors (Lipinski definition) is 1. The molecule has 0 saturated heterocycles. The van der Waals surface area contributed by atoms with Gasteiger partial charge in [0.1, 0.15) is 0 Å². The third kappa shape index (κ3) is 1.04. The Morgan fingerprint density at radius 3 is 2.00 bits per heavy atom. The molecule has 1 aliphatic carbocycles. The molecular weight excluding hydrogens is 122 g/mol. The van der Waals surface area contributed by atoms with Crippen LogP contribution >= 0.6 is 0 Å². The van der Waals surface area contributed by atoms with Gasteiger partial charge in [-0.05, 0) is 26.9 Å². The van der Waals surface area contributed by atoms with Gasteiger partial charge in [0.15, 0.2) is 0 Å². The van der Waals surface area contributed by atoms with Gasteiger partial charge in [0.2, 0.25) is 0 Å². The van der Waals surface area contributed by atoms with Crippen LogP contribution in [0.25, 0.3) is 0 Å². The lowest BCUT2D eigenvalue weighted by atomic mass is 9.98. The molecule has 0 amide bonds. The summed E-state index contributed by atoms with van der Waals surface area (Å²) in [5.74, 6) is 2.90. The topological polar surface area (TPSA) is 3.24 Å². The summed E-state index contributed by atoms with van der Waals surface area (Å²) in [5.41, 5.74) is 0.0972. The number of terminal acetylenes is 1. The predicted molar refractivity (Wildman–Crippen MR) is 43.7 cm³/mol. The first-order valence-electron chi connectivity index (χ1n) is 3.86. The van der Waals surface area contributed by atoms with E-state index in [-0.39, 0.29) is 5.54 Å². The molecule has 0 spiro atoms. The van der Waals surface area contributed by atoms with Crippen molar-refractivity contribution in [2.75, 3.05) is 14.1 Å². The largest absolute Gasteiger partial charge is 0.293 e. The Labute approximate surface area is 63.4 Å². The highest BCUT2D eigenvalue weighted by molar-refractivity contribution is 5.14. The van der Waals surface area contributed by atoms with E-state index in [1.54, 1.807) is 0 Å². The molecule has 1 rings (SSSR count). The lowest BCUT2D eigenvalue weighted by Gasteiger charge is -2.30. The molecule has 1 heteroatoms. The van der Waals surface area contributed by atoms with Crippen molar-refractivity contribution in [2.45, 2.75) is 31.2 Å². The van der Waals surface area contributed by atoms with Crippen molar-refractivity contribution in [2.24, 2.45) is 0 Å². The summed E-state index contributed by atoms with van der Waals surface area (Å²) in [6.45, 7) is 0. The fourth-order valence-corrected chi connectivity index (χ4v) is 1.68. The summed E-state index contributed by atoms with van der Waals surface area (Å²) >= 11 is 0. The zero-order valence-electron chi connectivity index (χ0n) is 6.85. The van der Waals surface area contributed by atoms with Crippen LogP contribution in [0, 0.1) is 12.3 Å². The van der Waals surface area contributed by atoms with Gasteiger partial charge in [0.25, 0.3) is 0 Å². The van der Waals surface area contributed by atoms with Crippen molar-refractivity contribution >= 4 is 0 Å². The van der Waals surface area contributed by atoms with Gasteiger partial charge in [-0.3, -0.25) is 4.90 Å². The fourth-order valence-electron chi connectivity index (χ4n) is 1.68. The van der Waals surface area contributed by atoms with Gasteiger partial charge in [0, 0.05) is 0 Å². The first-order chi connectivity index (χ1) is 4.71. The highest BCUT2D eigenvalue weighted by Gasteiger charge is 2.33. The van der Waals surface area contributed by atoms with Crippen molar-refractivity contribution < 1.29 is 0 Å². The minimum Gasteiger partial charge on any atom is -0.293 e. The average molecular weight is 137 g/mol. The number of nitrogens with zero attached hydrogens (tertiary/aromatic N) is 1. The molecule has 0 heterocycles. The lowest BCUT2D eigenvalue weighted by Crippen LogP contribution is -2.39. The van der Waals surface area contributed by atoms with E-state index >= 15 is 0 Å². The minimum absolute atomic E-state index is 0.0972. The summed E-state index contributed by atoms with van der Waals surface area (Å²) in [4.78, 5) is 2.18. The molecule has 1 saturated carbocycles. The van der Waals surface area contributed by atoms with Crippen LogP contribution in [-0.2, 0) is 0 Å². The maximum Gasteiger partial charge on any atom is 0.0818 e. The fraction of sp³-hybridized carbons (Fsp3) is 0.778. The highest BCUT2D eigenvalue weighted by atomic mass is 15.1. The van der Waals surface area contributed by atoms with E-state index in [0.717, 1.165) is 0 Å². The van der Waals surface area contributed by atoms with Crippen molar-refractivity contribution in [1.82, 2.24) is 4.90 Å². The van der Waals surface area contributed by atoms with Crippen LogP contribution < -0.4 is 0 Å². The molecule has 10 heavy (non-hydrogen) atoms. The predicted octanol–water partition coefficient (Wildman–Crippen LogP) is 1.49. The SMILES string of the molecule is C#CC1(N(C)C)CCCC1. The van der Waals surface area contributed by atoms with E-state index in [9.17, 15) is 0 Å². The van der Waals surface area contributed by atoms with E-state index in [1.165, 1.54) is 25.7 Å². The Morgan fingerprint density at radius 1 is 1.30 bits per heavy atom. The Balaban J connectivity index is 2.70. The lowest BCUT2D eigenvalue weighted by molar-refractivity contribution is 0.225. The van der Waals surface area contributed by atoms with Crippen LogP contribution in [0.3, 0.4) is 0 Å². The third-order valence-electron chi connectivity index (χ3n) is 2.56. The molecule has 1 nitrogen and oxygen atoms in total. The highest BCUT2D eigenvalue weighted by Crippen LogP contribution is 2.32. The van der Waals surface area contributed by atoms with E-state index in [0.29, 0.717) is 0 Å². The Bertz CT molecular complexity index is 147. The van der Waals surface area contributed by atoms with Crippen LogP contribution in [0.1, 0.15) is 25.7 Å². The second-order valence-electron chi connectivity index (χ2n) is 3.28. The molecule has 0 aromatic carbocycles. The molecular formula is C9H15N. The first-order valence-corrected chi connectivity index (χ1v) is 3.86. The summed E-state index contributed by atoms with van der Waals surface area (Å²) in [6.07, 6.45) is 10.4. The van der Waals surface area contributed by atoms with Crippen molar-refractivity contribution in [3.05, 3.63) is 0 Å². The molecule has 0 atom stereocenters. The molecule has 0 aliphatic heterocycles. The van der Waals surface area contributed by atoms with Crippen LogP contribution in [0.2, 0.25) is 0 Å². The zero-order valence-corrected chi connectivity index (χ0v) is 6.85. The van der Waals surface area contributed by atoms with Gasteiger partial charge >= 0.3 is 0 Å². The van der Waals surface area contributed by atoms with Gasteiger partial charge in [-0.2, -0.15) is 0 Å². The van der Waals surface area contributed by atoms with Crippen molar-refractivity contribution in [3.63, 3.8) is 0 Å². The summed E-state index contributed by atoms with van der Waals surface area (Å²) in [5, 5.41) is 0. The first kappa shape index (κ1) is 7.63. The van der Waals surface area contributed by atoms with E-state index < -0.39 is 0 Å². The van der Waals surface area contributed by atoms with Gasteiger partial charge in [-0.25, -0.2) is 0 Å². The van der Waals surface area contributed by atoms with Crippen LogP contribution in [0.4, 0.5) is 0 Å².